The number of hydrogen-bond acceptors (Lipinski definition) is 6. The number of imidazole rings is 1. The van der Waals surface area contributed by atoms with Gasteiger partial charge in [0.15, 0.2) is 11.9 Å². The Balaban J connectivity index is 1.73. The third-order valence-corrected chi connectivity index (χ3v) is 4.26. The molecule has 3 aromatic rings. The fraction of sp³-hybridized carbons (Fsp3) is 0.278. The first-order valence-corrected chi connectivity index (χ1v) is 8.01. The molecule has 3 heterocycles. The molecular formula is C18H15FN4O3. The van der Waals surface area contributed by atoms with Crippen molar-refractivity contribution >= 4 is 11.2 Å². The molecule has 132 valence electrons. The highest BCUT2D eigenvalue weighted by Crippen LogP contribution is 2.31. The molecule has 1 saturated heterocycles. The number of benzene rings is 1. The van der Waals surface area contributed by atoms with Crippen molar-refractivity contribution in [2.24, 2.45) is 0 Å². The van der Waals surface area contributed by atoms with Crippen LogP contribution in [0.25, 0.3) is 11.2 Å². The molecule has 1 aromatic carbocycles. The van der Waals surface area contributed by atoms with E-state index >= 15 is 0 Å². The molecule has 1 fully saturated rings. The second-order valence-electron chi connectivity index (χ2n) is 6.02. The van der Waals surface area contributed by atoms with Crippen molar-refractivity contribution in [2.75, 3.05) is 0 Å². The van der Waals surface area contributed by atoms with E-state index in [1.807, 2.05) is 0 Å². The van der Waals surface area contributed by atoms with Gasteiger partial charge in [0.25, 0.3) is 0 Å². The van der Waals surface area contributed by atoms with Gasteiger partial charge in [-0.05, 0) is 31.0 Å². The second kappa shape index (κ2) is 6.46. The van der Waals surface area contributed by atoms with E-state index in [2.05, 4.69) is 26.8 Å². The molecule has 1 aliphatic rings. The number of nitrogens with zero attached hydrogens (tertiary/aromatic N) is 4. The topological polar surface area (TPSA) is 93.3 Å². The lowest BCUT2D eigenvalue weighted by atomic mass is 10.1. The second-order valence-corrected chi connectivity index (χ2v) is 6.02. The van der Waals surface area contributed by atoms with E-state index in [0.29, 0.717) is 22.4 Å². The molecule has 4 rings (SSSR count). The molecule has 1 aliphatic heterocycles. The summed E-state index contributed by atoms with van der Waals surface area (Å²) < 4.78 is 20.4. The zero-order valence-electron chi connectivity index (χ0n) is 13.7. The van der Waals surface area contributed by atoms with Crippen LogP contribution in [-0.2, 0) is 4.74 Å². The maximum Gasteiger partial charge on any atom is 0.166 e. The summed E-state index contributed by atoms with van der Waals surface area (Å²) >= 11 is 0. The zero-order chi connectivity index (χ0) is 18.3. The van der Waals surface area contributed by atoms with E-state index in [-0.39, 0.29) is 5.82 Å². The maximum atomic E-state index is 13.3. The van der Waals surface area contributed by atoms with Crippen molar-refractivity contribution in [3.05, 3.63) is 54.0 Å². The number of hydrogen-bond donors (Lipinski definition) is 2. The van der Waals surface area contributed by atoms with Gasteiger partial charge in [-0.3, -0.25) is 4.57 Å². The Bertz CT molecular complexity index is 1030. The van der Waals surface area contributed by atoms with Crippen LogP contribution in [0.5, 0.6) is 0 Å². The van der Waals surface area contributed by atoms with E-state index in [1.165, 1.54) is 24.8 Å². The lowest BCUT2D eigenvalue weighted by molar-refractivity contribution is -0.0299. The quantitative estimate of drug-likeness (QED) is 0.634. The number of aromatic nitrogens is 4. The Hall–Kier alpha value is -2.86. The highest BCUT2D eigenvalue weighted by Gasteiger charge is 2.42. The van der Waals surface area contributed by atoms with Crippen LogP contribution >= 0.6 is 0 Å². The first kappa shape index (κ1) is 16.6. The fourth-order valence-electron chi connectivity index (χ4n) is 2.88. The highest BCUT2D eigenvalue weighted by molar-refractivity contribution is 5.76. The molecule has 26 heavy (non-hydrogen) atoms. The molecule has 2 N–H and O–H groups in total. The van der Waals surface area contributed by atoms with Crippen molar-refractivity contribution in [1.82, 2.24) is 19.5 Å². The van der Waals surface area contributed by atoms with E-state index in [9.17, 15) is 14.6 Å². The van der Waals surface area contributed by atoms with Crippen LogP contribution in [0, 0.1) is 17.7 Å². The van der Waals surface area contributed by atoms with Crippen LogP contribution in [0.3, 0.4) is 0 Å². The summed E-state index contributed by atoms with van der Waals surface area (Å²) in [6, 6.07) is 5.95. The predicted octanol–water partition coefficient (Wildman–Crippen LogP) is 1.00. The summed E-state index contributed by atoms with van der Waals surface area (Å²) in [7, 11) is 0. The van der Waals surface area contributed by atoms with Gasteiger partial charge in [-0.1, -0.05) is 12.0 Å². The SMILES string of the molecule is C[C@H]1O[C@@H](n2cnc3c(C#Cc4cccc(F)c4)ncnc32)[C@H](O)[C@@H]1O. The van der Waals surface area contributed by atoms with E-state index in [1.54, 1.807) is 23.6 Å². The number of aliphatic hydroxyl groups is 2. The minimum absolute atomic E-state index is 0.367. The number of aliphatic hydroxyl groups excluding tert-OH is 2. The summed E-state index contributed by atoms with van der Waals surface area (Å²) in [4.78, 5) is 12.6. The molecule has 0 saturated carbocycles. The Morgan fingerprint density at radius 3 is 2.73 bits per heavy atom. The smallest absolute Gasteiger partial charge is 0.166 e. The van der Waals surface area contributed by atoms with Crippen molar-refractivity contribution < 1.29 is 19.3 Å². The summed E-state index contributed by atoms with van der Waals surface area (Å²) in [6.45, 7) is 1.68. The summed E-state index contributed by atoms with van der Waals surface area (Å²) in [5.74, 6) is 5.35. The van der Waals surface area contributed by atoms with Crippen molar-refractivity contribution in [3.63, 3.8) is 0 Å². The molecule has 0 bridgehead atoms. The standard InChI is InChI=1S/C18H15FN4O3/c1-10-15(24)16(25)18(26-10)23-9-22-14-13(20-8-21-17(14)23)6-5-11-3-2-4-12(19)7-11/h2-4,7-10,15-16,18,24-25H,1H3/t10-,15-,16-,18-/m1/s1. The number of ether oxygens (including phenoxy) is 1. The monoisotopic (exact) mass is 354 g/mol. The molecule has 0 spiro atoms. The normalized spacial score (nSPS) is 25.2. The minimum atomic E-state index is -1.10. The van der Waals surface area contributed by atoms with Gasteiger partial charge in [-0.2, -0.15) is 0 Å². The van der Waals surface area contributed by atoms with Gasteiger partial charge in [0.2, 0.25) is 0 Å². The van der Waals surface area contributed by atoms with Gasteiger partial charge in [-0.25, -0.2) is 19.3 Å². The third-order valence-electron chi connectivity index (χ3n) is 4.26. The molecule has 0 unspecified atom stereocenters. The van der Waals surface area contributed by atoms with Crippen molar-refractivity contribution in [1.29, 1.82) is 0 Å². The Morgan fingerprint density at radius 1 is 1.15 bits per heavy atom. The van der Waals surface area contributed by atoms with Crippen LogP contribution < -0.4 is 0 Å². The molecular weight excluding hydrogens is 339 g/mol. The minimum Gasteiger partial charge on any atom is -0.388 e. The van der Waals surface area contributed by atoms with Crippen LogP contribution in [0.1, 0.15) is 24.4 Å². The molecule has 0 aliphatic carbocycles. The maximum absolute atomic E-state index is 13.3. The van der Waals surface area contributed by atoms with Crippen molar-refractivity contribution in [3.8, 4) is 11.8 Å². The average Bonchev–Trinajstić information content (AvgIpc) is 3.17. The molecule has 8 heteroatoms. The van der Waals surface area contributed by atoms with Crippen LogP contribution in [0.4, 0.5) is 4.39 Å². The fourth-order valence-corrected chi connectivity index (χ4v) is 2.88. The van der Waals surface area contributed by atoms with Gasteiger partial charge in [-0.15, -0.1) is 0 Å². The van der Waals surface area contributed by atoms with E-state index in [0.717, 1.165) is 0 Å². The molecule has 2 aromatic heterocycles. The average molecular weight is 354 g/mol. The summed E-state index contributed by atoms with van der Waals surface area (Å²) in [6.07, 6.45) is -0.612. The molecule has 7 nitrogen and oxygen atoms in total. The van der Waals surface area contributed by atoms with Gasteiger partial charge in [0, 0.05) is 5.56 Å². The van der Waals surface area contributed by atoms with E-state index in [4.69, 9.17) is 4.74 Å². The Kier molecular flexibility index (Phi) is 4.12. The lowest BCUT2D eigenvalue weighted by Gasteiger charge is -2.16. The number of halogens is 1. The molecule has 0 radical (unpaired) electrons. The zero-order valence-corrected chi connectivity index (χ0v) is 13.7. The largest absolute Gasteiger partial charge is 0.388 e. The highest BCUT2D eigenvalue weighted by atomic mass is 19.1. The predicted molar refractivity (Wildman–Crippen MR) is 89.3 cm³/mol. The van der Waals surface area contributed by atoms with Gasteiger partial charge >= 0.3 is 0 Å². The first-order chi connectivity index (χ1) is 12.5. The van der Waals surface area contributed by atoms with Gasteiger partial charge in [0.05, 0.1) is 12.4 Å². The number of fused-ring (bicyclic) bond motifs is 1. The lowest BCUT2D eigenvalue weighted by Crippen LogP contribution is -2.30. The summed E-state index contributed by atoms with van der Waals surface area (Å²) in [5, 5.41) is 20.1. The molecule has 4 atom stereocenters. The van der Waals surface area contributed by atoms with E-state index < -0.39 is 24.5 Å². The Morgan fingerprint density at radius 2 is 2.00 bits per heavy atom. The van der Waals surface area contributed by atoms with Crippen LogP contribution in [0.15, 0.2) is 36.9 Å². The third kappa shape index (κ3) is 2.82. The molecule has 0 amide bonds. The van der Waals surface area contributed by atoms with Crippen molar-refractivity contribution in [2.45, 2.75) is 31.5 Å². The van der Waals surface area contributed by atoms with Gasteiger partial charge in [0.1, 0.15) is 35.6 Å². The Labute approximate surface area is 148 Å². The number of rotatable bonds is 1. The van der Waals surface area contributed by atoms with Gasteiger partial charge < -0.3 is 14.9 Å². The van der Waals surface area contributed by atoms with Crippen LogP contribution in [0.2, 0.25) is 0 Å². The van der Waals surface area contributed by atoms with Crippen LogP contribution in [-0.4, -0.2) is 48.0 Å². The first-order valence-electron chi connectivity index (χ1n) is 8.01. The summed E-state index contributed by atoms with van der Waals surface area (Å²) in [5.41, 5.74) is 1.75.